The maximum atomic E-state index is 12.9. The number of aryl methyl sites for hydroxylation is 1. The van der Waals surface area contributed by atoms with Crippen molar-refractivity contribution in [2.24, 2.45) is 5.92 Å². The van der Waals surface area contributed by atoms with Gasteiger partial charge in [0.2, 0.25) is 0 Å². The fourth-order valence-electron chi connectivity index (χ4n) is 3.14. The minimum Gasteiger partial charge on any atom is -0.399 e. The molecule has 3 nitrogen and oxygen atoms in total. The van der Waals surface area contributed by atoms with Crippen LogP contribution in [0.25, 0.3) is 0 Å². The summed E-state index contributed by atoms with van der Waals surface area (Å²) in [5.41, 5.74) is 7.08. The Morgan fingerprint density at radius 3 is 2.63 bits per heavy atom. The molecule has 19 heavy (non-hydrogen) atoms. The lowest BCUT2D eigenvalue weighted by Gasteiger charge is -2.30. The normalized spacial score (nSPS) is 24.3. The molecule has 1 saturated carbocycles. The van der Waals surface area contributed by atoms with Crippen molar-refractivity contribution in [1.29, 1.82) is 0 Å². The maximum Gasteiger partial charge on any atom is 0.181 e. The van der Waals surface area contributed by atoms with Crippen LogP contribution in [0.15, 0.2) is 23.1 Å². The molecule has 1 aromatic carbocycles. The number of nitrogens with two attached hydrogens (primary N) is 1. The van der Waals surface area contributed by atoms with Gasteiger partial charge in [0.05, 0.1) is 10.1 Å². The Bertz CT molecular complexity index is 551. The fourth-order valence-corrected chi connectivity index (χ4v) is 5.59. The van der Waals surface area contributed by atoms with E-state index in [1.165, 1.54) is 0 Å². The highest BCUT2D eigenvalue weighted by Gasteiger charge is 2.36. The Morgan fingerprint density at radius 2 is 1.95 bits per heavy atom. The number of nitrogen functional groups attached to an aromatic ring is 1. The van der Waals surface area contributed by atoms with Gasteiger partial charge in [0, 0.05) is 5.69 Å². The van der Waals surface area contributed by atoms with Gasteiger partial charge in [-0.15, -0.1) is 0 Å². The van der Waals surface area contributed by atoms with E-state index in [0.717, 1.165) is 37.7 Å². The third-order valence-electron chi connectivity index (χ3n) is 4.28. The van der Waals surface area contributed by atoms with E-state index in [2.05, 4.69) is 6.92 Å². The van der Waals surface area contributed by atoms with Crippen molar-refractivity contribution < 1.29 is 8.42 Å². The van der Waals surface area contributed by atoms with Crippen molar-refractivity contribution in [3.05, 3.63) is 23.8 Å². The topological polar surface area (TPSA) is 60.2 Å². The summed E-state index contributed by atoms with van der Waals surface area (Å²) < 4.78 is 25.7. The standard InChI is InChI=1S/C15H23NO2S/c1-3-12-6-4-5-7-14(12)19(17,18)15-10-13(16)9-8-11(15)2/h8-10,12,14H,3-7,16H2,1-2H3. The molecule has 1 aliphatic carbocycles. The van der Waals surface area contributed by atoms with Crippen molar-refractivity contribution in [3.63, 3.8) is 0 Å². The highest BCUT2D eigenvalue weighted by Crippen LogP contribution is 2.36. The van der Waals surface area contributed by atoms with E-state index < -0.39 is 9.84 Å². The van der Waals surface area contributed by atoms with E-state index in [1.807, 2.05) is 6.92 Å². The van der Waals surface area contributed by atoms with Crippen LogP contribution < -0.4 is 5.73 Å². The quantitative estimate of drug-likeness (QED) is 0.865. The van der Waals surface area contributed by atoms with E-state index in [4.69, 9.17) is 5.73 Å². The molecular formula is C15H23NO2S. The molecule has 2 rings (SSSR count). The second kappa shape index (κ2) is 5.53. The highest BCUT2D eigenvalue weighted by molar-refractivity contribution is 7.92. The number of rotatable bonds is 3. The molecule has 2 N–H and O–H groups in total. The first kappa shape index (κ1) is 14.4. The Balaban J connectivity index is 2.43. The molecule has 0 aromatic heterocycles. The second-order valence-corrected chi connectivity index (χ2v) is 7.70. The van der Waals surface area contributed by atoms with E-state index >= 15 is 0 Å². The van der Waals surface area contributed by atoms with Gasteiger partial charge >= 0.3 is 0 Å². The summed E-state index contributed by atoms with van der Waals surface area (Å²) in [7, 11) is -3.26. The van der Waals surface area contributed by atoms with Crippen LogP contribution in [0, 0.1) is 12.8 Å². The SMILES string of the molecule is CCC1CCCCC1S(=O)(=O)c1cc(N)ccc1C. The van der Waals surface area contributed by atoms with Crippen LogP contribution in [0.3, 0.4) is 0 Å². The largest absolute Gasteiger partial charge is 0.399 e. The third-order valence-corrected chi connectivity index (χ3v) is 6.75. The lowest BCUT2D eigenvalue weighted by atomic mass is 9.87. The summed E-state index contributed by atoms with van der Waals surface area (Å²) in [5, 5.41) is -0.230. The minimum atomic E-state index is -3.26. The van der Waals surface area contributed by atoms with E-state index in [0.29, 0.717) is 16.5 Å². The van der Waals surface area contributed by atoms with Crippen molar-refractivity contribution in [1.82, 2.24) is 0 Å². The molecule has 0 aliphatic heterocycles. The van der Waals surface area contributed by atoms with Gasteiger partial charge in [-0.1, -0.05) is 32.3 Å². The molecule has 4 heteroatoms. The minimum absolute atomic E-state index is 0.230. The third kappa shape index (κ3) is 2.78. The summed E-state index contributed by atoms with van der Waals surface area (Å²) in [6, 6.07) is 5.17. The molecule has 0 saturated heterocycles. The molecule has 0 bridgehead atoms. The average Bonchev–Trinajstić information content (AvgIpc) is 2.41. The van der Waals surface area contributed by atoms with E-state index in [1.54, 1.807) is 18.2 Å². The van der Waals surface area contributed by atoms with Gasteiger partial charge in [0.15, 0.2) is 9.84 Å². The van der Waals surface area contributed by atoms with E-state index in [9.17, 15) is 8.42 Å². The summed E-state index contributed by atoms with van der Waals surface area (Å²) >= 11 is 0. The van der Waals surface area contributed by atoms with Crippen molar-refractivity contribution >= 4 is 15.5 Å². The molecule has 0 spiro atoms. The number of benzene rings is 1. The lowest BCUT2D eigenvalue weighted by molar-refractivity contribution is 0.348. The first-order valence-corrected chi connectivity index (χ1v) is 8.61. The summed E-state index contributed by atoms with van der Waals surface area (Å²) in [4.78, 5) is 0.429. The Morgan fingerprint density at radius 1 is 1.26 bits per heavy atom. The van der Waals surface area contributed by atoms with Gasteiger partial charge in [-0.25, -0.2) is 8.42 Å². The first-order valence-electron chi connectivity index (χ1n) is 7.07. The molecule has 2 atom stereocenters. The zero-order valence-electron chi connectivity index (χ0n) is 11.7. The highest BCUT2D eigenvalue weighted by atomic mass is 32.2. The molecule has 1 fully saturated rings. The van der Waals surface area contributed by atoms with Gasteiger partial charge in [-0.05, 0) is 43.4 Å². The maximum absolute atomic E-state index is 12.9. The fraction of sp³-hybridized carbons (Fsp3) is 0.600. The zero-order chi connectivity index (χ0) is 14.0. The van der Waals surface area contributed by atoms with Gasteiger partial charge in [-0.2, -0.15) is 0 Å². The van der Waals surface area contributed by atoms with Crippen LogP contribution in [-0.4, -0.2) is 13.7 Å². The average molecular weight is 281 g/mol. The van der Waals surface area contributed by atoms with Crippen molar-refractivity contribution in [2.45, 2.75) is 56.1 Å². The Labute approximate surface area is 116 Å². The van der Waals surface area contributed by atoms with Gasteiger partial charge in [0.1, 0.15) is 0 Å². The van der Waals surface area contributed by atoms with Crippen LogP contribution in [0.4, 0.5) is 5.69 Å². The molecular weight excluding hydrogens is 258 g/mol. The van der Waals surface area contributed by atoms with Crippen molar-refractivity contribution in [2.75, 3.05) is 5.73 Å². The van der Waals surface area contributed by atoms with E-state index in [-0.39, 0.29) is 5.25 Å². The smallest absolute Gasteiger partial charge is 0.181 e. The lowest BCUT2D eigenvalue weighted by Crippen LogP contribution is -2.33. The number of hydrogen-bond acceptors (Lipinski definition) is 3. The van der Waals surface area contributed by atoms with Gasteiger partial charge in [-0.3, -0.25) is 0 Å². The molecule has 2 unspecified atom stereocenters. The Hall–Kier alpha value is -1.03. The van der Waals surface area contributed by atoms with Crippen LogP contribution in [0.5, 0.6) is 0 Å². The number of sulfone groups is 1. The molecule has 1 aromatic rings. The summed E-state index contributed by atoms with van der Waals surface area (Å²) in [6.45, 7) is 3.93. The second-order valence-electron chi connectivity index (χ2n) is 5.56. The molecule has 0 heterocycles. The molecule has 0 amide bonds. The zero-order valence-corrected chi connectivity index (χ0v) is 12.5. The van der Waals surface area contributed by atoms with Crippen molar-refractivity contribution in [3.8, 4) is 0 Å². The van der Waals surface area contributed by atoms with Crippen LogP contribution >= 0.6 is 0 Å². The van der Waals surface area contributed by atoms with Gasteiger partial charge < -0.3 is 5.73 Å². The van der Waals surface area contributed by atoms with Gasteiger partial charge in [0.25, 0.3) is 0 Å². The summed E-state index contributed by atoms with van der Waals surface area (Å²) in [5.74, 6) is 0.291. The predicted octanol–water partition coefficient (Wildman–Crippen LogP) is 3.32. The van der Waals surface area contributed by atoms with Crippen LogP contribution in [0.1, 0.15) is 44.6 Å². The van der Waals surface area contributed by atoms with Crippen LogP contribution in [-0.2, 0) is 9.84 Å². The number of hydrogen-bond donors (Lipinski definition) is 1. The Kier molecular flexibility index (Phi) is 4.19. The molecule has 106 valence electrons. The first-order chi connectivity index (χ1) is 8.96. The number of anilines is 1. The predicted molar refractivity (Wildman–Crippen MR) is 78.8 cm³/mol. The van der Waals surface area contributed by atoms with Crippen LogP contribution in [0.2, 0.25) is 0 Å². The monoisotopic (exact) mass is 281 g/mol. The molecule has 0 radical (unpaired) electrons. The molecule has 1 aliphatic rings. The summed E-state index contributed by atoms with van der Waals surface area (Å²) in [6.07, 6.45) is 4.92.